The minimum absolute atomic E-state index is 0.0290. The minimum Gasteiger partial charge on any atom is -0.493 e. The number of nitrogens with one attached hydrogen (secondary N) is 2. The molecule has 1 saturated heterocycles. The first-order valence-electron chi connectivity index (χ1n) is 15.7. The average molecular weight is 629 g/mol. The molecule has 4 rings (SSSR count). The summed E-state index contributed by atoms with van der Waals surface area (Å²) >= 11 is 0. The molecular formula is C33H48N4O6S. The predicted octanol–water partition coefficient (Wildman–Crippen LogP) is 2.94. The molecule has 0 aliphatic carbocycles. The van der Waals surface area contributed by atoms with Crippen molar-refractivity contribution in [1.82, 2.24) is 20.7 Å². The zero-order valence-electron chi connectivity index (χ0n) is 26.4. The van der Waals surface area contributed by atoms with Crippen molar-refractivity contribution in [3.63, 3.8) is 0 Å². The van der Waals surface area contributed by atoms with Gasteiger partial charge >= 0.3 is 0 Å². The molecule has 0 aromatic heterocycles. The number of fused-ring (bicyclic) bond motifs is 1. The number of hydrazine groups is 1. The standard InChI is InChI=1S/C33H48N4O6S/c1-23(2)18-32(40)37(35-31(39)22-36-15-8-9-16-36)28(19-25-10-6-5-7-11-25)29(38)21-34-33(24(3)4)44(41,42)27-12-13-30-26(20-27)14-17-43-30/h5-7,10-13,20,23-24,28-29,33-34,38H,8-9,14-19,21-22H2,1-4H3,(H,35,39)/t28?,29-,33?/m1/s1. The van der Waals surface area contributed by atoms with Gasteiger partial charge in [-0.1, -0.05) is 58.0 Å². The number of hydrogen-bond acceptors (Lipinski definition) is 8. The number of amides is 2. The Hall–Kier alpha value is -2.99. The molecule has 3 atom stereocenters. The number of nitrogens with zero attached hydrogens (tertiary/aromatic N) is 2. The maximum Gasteiger partial charge on any atom is 0.252 e. The molecule has 242 valence electrons. The molecule has 2 heterocycles. The van der Waals surface area contributed by atoms with Crippen LogP contribution in [-0.4, -0.2) is 85.6 Å². The summed E-state index contributed by atoms with van der Waals surface area (Å²) in [5, 5.41) is 15.1. The molecule has 2 unspecified atom stereocenters. The van der Waals surface area contributed by atoms with Crippen molar-refractivity contribution < 1.29 is 27.9 Å². The molecule has 2 amide bonds. The SMILES string of the molecule is CC(C)CC(=O)N(NC(=O)CN1CCCC1)C(Cc1ccccc1)[C@H](O)CNC(C(C)C)S(=O)(=O)c1ccc2c(c1)CCO2. The molecule has 44 heavy (non-hydrogen) atoms. The Kier molecular flexibility index (Phi) is 11.8. The summed E-state index contributed by atoms with van der Waals surface area (Å²) in [6.07, 6.45) is 1.97. The number of aliphatic hydroxyl groups is 1. The quantitative estimate of drug-likeness (QED) is 0.273. The van der Waals surface area contributed by atoms with Crippen LogP contribution in [0.1, 0.15) is 58.1 Å². The van der Waals surface area contributed by atoms with Crippen LogP contribution in [0.5, 0.6) is 5.75 Å². The Morgan fingerprint density at radius 3 is 2.41 bits per heavy atom. The van der Waals surface area contributed by atoms with Gasteiger partial charge in [-0.3, -0.25) is 25.2 Å². The van der Waals surface area contributed by atoms with Crippen molar-refractivity contribution in [2.75, 3.05) is 32.8 Å². The first kappa shape index (κ1) is 33.9. The van der Waals surface area contributed by atoms with Gasteiger partial charge in [0, 0.05) is 19.4 Å². The van der Waals surface area contributed by atoms with Crippen molar-refractivity contribution in [1.29, 1.82) is 0 Å². The third kappa shape index (κ3) is 8.80. The van der Waals surface area contributed by atoms with Crippen molar-refractivity contribution >= 4 is 21.7 Å². The lowest BCUT2D eigenvalue weighted by molar-refractivity contribution is -0.148. The number of likely N-dealkylation sites (tertiary alicyclic amines) is 1. The van der Waals surface area contributed by atoms with Crippen molar-refractivity contribution in [2.45, 2.75) is 82.2 Å². The zero-order valence-corrected chi connectivity index (χ0v) is 27.2. The first-order chi connectivity index (χ1) is 21.0. The summed E-state index contributed by atoms with van der Waals surface area (Å²) in [7, 11) is -3.82. The Balaban J connectivity index is 1.57. The van der Waals surface area contributed by atoms with Crippen molar-refractivity contribution in [2.24, 2.45) is 11.8 Å². The number of rotatable bonds is 14. The summed E-state index contributed by atoms with van der Waals surface area (Å²) in [6.45, 7) is 9.72. The number of carbonyl (C=O) groups is 2. The number of ether oxygens (including phenoxy) is 1. The van der Waals surface area contributed by atoms with E-state index in [0.717, 1.165) is 37.1 Å². The Morgan fingerprint density at radius 2 is 1.75 bits per heavy atom. The topological polar surface area (TPSA) is 128 Å². The van der Waals surface area contributed by atoms with Crippen LogP contribution in [0.15, 0.2) is 53.4 Å². The third-order valence-electron chi connectivity index (χ3n) is 8.18. The third-order valence-corrected chi connectivity index (χ3v) is 10.5. The fourth-order valence-electron chi connectivity index (χ4n) is 5.91. The van der Waals surface area contributed by atoms with Crippen LogP contribution in [0, 0.1) is 11.8 Å². The first-order valence-corrected chi connectivity index (χ1v) is 17.3. The van der Waals surface area contributed by atoms with Gasteiger partial charge in [0.1, 0.15) is 11.1 Å². The minimum atomic E-state index is -3.82. The number of hydrogen-bond donors (Lipinski definition) is 3. The molecule has 11 heteroatoms. The van der Waals surface area contributed by atoms with Gasteiger partial charge in [0.25, 0.3) is 5.91 Å². The monoisotopic (exact) mass is 628 g/mol. The highest BCUT2D eigenvalue weighted by atomic mass is 32.2. The summed E-state index contributed by atoms with van der Waals surface area (Å²) in [4.78, 5) is 29.0. The molecule has 2 aliphatic rings. The van der Waals surface area contributed by atoms with Crippen LogP contribution in [0.4, 0.5) is 0 Å². The van der Waals surface area contributed by atoms with Gasteiger partial charge in [-0.25, -0.2) is 13.4 Å². The molecule has 0 saturated carbocycles. The van der Waals surface area contributed by atoms with E-state index in [1.165, 1.54) is 5.01 Å². The molecule has 10 nitrogen and oxygen atoms in total. The van der Waals surface area contributed by atoms with E-state index in [0.29, 0.717) is 18.8 Å². The maximum atomic E-state index is 13.8. The van der Waals surface area contributed by atoms with E-state index < -0.39 is 27.4 Å². The van der Waals surface area contributed by atoms with Crippen LogP contribution in [0.2, 0.25) is 0 Å². The van der Waals surface area contributed by atoms with Crippen LogP contribution in [-0.2, 0) is 32.3 Å². The normalized spacial score (nSPS) is 17.2. The largest absolute Gasteiger partial charge is 0.493 e. The molecule has 0 radical (unpaired) electrons. The van der Waals surface area contributed by atoms with E-state index in [2.05, 4.69) is 10.7 Å². The van der Waals surface area contributed by atoms with Crippen molar-refractivity contribution in [3.05, 3.63) is 59.7 Å². The van der Waals surface area contributed by atoms with Gasteiger partial charge in [0.2, 0.25) is 5.91 Å². The summed E-state index contributed by atoms with van der Waals surface area (Å²) < 4.78 is 33.2. The van der Waals surface area contributed by atoms with Gasteiger partial charge in [-0.05, 0) is 73.5 Å². The van der Waals surface area contributed by atoms with Crippen LogP contribution in [0.3, 0.4) is 0 Å². The number of aliphatic hydroxyl groups excluding tert-OH is 1. The predicted molar refractivity (Wildman–Crippen MR) is 170 cm³/mol. The number of benzene rings is 2. The maximum absolute atomic E-state index is 13.8. The Labute approximate surface area is 262 Å². The molecular weight excluding hydrogens is 580 g/mol. The molecule has 0 bridgehead atoms. The summed E-state index contributed by atoms with van der Waals surface area (Å²) in [5.74, 6) is -0.201. The highest BCUT2D eigenvalue weighted by Gasteiger charge is 2.36. The van der Waals surface area contributed by atoms with Gasteiger partial charge in [0.15, 0.2) is 9.84 Å². The summed E-state index contributed by atoms with van der Waals surface area (Å²) in [5.41, 5.74) is 4.56. The van der Waals surface area contributed by atoms with Crippen LogP contribution in [0.25, 0.3) is 0 Å². The fourth-order valence-corrected chi connectivity index (χ4v) is 7.80. The van der Waals surface area contributed by atoms with E-state index in [-0.39, 0.29) is 54.5 Å². The Bertz CT molecular complexity index is 1360. The van der Waals surface area contributed by atoms with E-state index in [9.17, 15) is 23.1 Å². The van der Waals surface area contributed by atoms with E-state index in [1.54, 1.807) is 18.2 Å². The van der Waals surface area contributed by atoms with Gasteiger partial charge in [-0.2, -0.15) is 0 Å². The smallest absolute Gasteiger partial charge is 0.252 e. The molecule has 2 aliphatic heterocycles. The second-order valence-electron chi connectivity index (χ2n) is 12.7. The number of sulfone groups is 1. The molecule has 3 N–H and O–H groups in total. The fraction of sp³-hybridized carbons (Fsp3) is 0.576. The molecule has 2 aromatic rings. The van der Waals surface area contributed by atoms with Gasteiger partial charge in [-0.15, -0.1) is 0 Å². The average Bonchev–Trinajstić information content (AvgIpc) is 3.66. The zero-order chi connectivity index (χ0) is 31.9. The summed E-state index contributed by atoms with van der Waals surface area (Å²) in [6, 6.07) is 13.6. The lowest BCUT2D eigenvalue weighted by atomic mass is 9.99. The molecule has 2 aromatic carbocycles. The Morgan fingerprint density at radius 1 is 1.05 bits per heavy atom. The van der Waals surface area contributed by atoms with E-state index >= 15 is 0 Å². The highest BCUT2D eigenvalue weighted by Crippen LogP contribution is 2.30. The second kappa shape index (κ2) is 15.3. The van der Waals surface area contributed by atoms with E-state index in [1.807, 2.05) is 62.9 Å². The molecule has 1 fully saturated rings. The van der Waals surface area contributed by atoms with Gasteiger partial charge < -0.3 is 9.84 Å². The lowest BCUT2D eigenvalue weighted by Gasteiger charge is -2.36. The van der Waals surface area contributed by atoms with Gasteiger partial charge in [0.05, 0.1) is 30.2 Å². The lowest BCUT2D eigenvalue weighted by Crippen LogP contribution is -2.60. The molecule has 0 spiro atoms. The van der Waals surface area contributed by atoms with Crippen LogP contribution >= 0.6 is 0 Å². The highest BCUT2D eigenvalue weighted by molar-refractivity contribution is 7.92. The second-order valence-corrected chi connectivity index (χ2v) is 14.8. The van der Waals surface area contributed by atoms with E-state index in [4.69, 9.17) is 4.74 Å². The number of carbonyl (C=O) groups excluding carboxylic acids is 2. The van der Waals surface area contributed by atoms with Crippen molar-refractivity contribution in [3.8, 4) is 5.75 Å². The van der Waals surface area contributed by atoms with Crippen LogP contribution < -0.4 is 15.5 Å².